The summed E-state index contributed by atoms with van der Waals surface area (Å²) in [6.45, 7) is 26.8. The van der Waals surface area contributed by atoms with Gasteiger partial charge >= 0.3 is 0 Å². The third kappa shape index (κ3) is 8.11. The number of carbonyl (C=O) groups excluding carboxylic acids is 2. The van der Waals surface area contributed by atoms with E-state index in [4.69, 9.17) is 9.68 Å². The van der Waals surface area contributed by atoms with Crippen molar-refractivity contribution in [1.82, 2.24) is 10.1 Å². The maximum Gasteiger partial charge on any atom is 0.163 e. The molecule has 200 valence electrons. The van der Waals surface area contributed by atoms with Crippen molar-refractivity contribution in [2.24, 2.45) is 5.92 Å². The quantitative estimate of drug-likeness (QED) is 0.412. The van der Waals surface area contributed by atoms with Crippen molar-refractivity contribution < 1.29 is 19.3 Å². The van der Waals surface area contributed by atoms with Crippen LogP contribution in [0.4, 0.5) is 0 Å². The molecule has 2 rings (SSSR count). The molecule has 0 aromatic heterocycles. The second-order valence-corrected chi connectivity index (χ2v) is 13.6. The minimum Gasteiger partial charge on any atom is -0.297 e. The number of Topliss-reactive ketones (excluding diaryl/α,β-unsaturated/α-hetero) is 2. The Morgan fingerprint density at radius 3 is 1.44 bits per heavy atom. The highest BCUT2D eigenvalue weighted by Crippen LogP contribution is 2.40. The van der Waals surface area contributed by atoms with E-state index < -0.39 is 5.60 Å². The van der Waals surface area contributed by atoms with Crippen LogP contribution >= 0.6 is 0 Å². The monoisotopic (exact) mass is 482 g/mol. The van der Waals surface area contributed by atoms with E-state index >= 15 is 0 Å². The van der Waals surface area contributed by atoms with Gasteiger partial charge in [-0.05, 0) is 115 Å². The first kappa shape index (κ1) is 31.2. The molecule has 0 spiro atoms. The summed E-state index contributed by atoms with van der Waals surface area (Å²) < 4.78 is 0. The number of hydrogen-bond donors (Lipinski definition) is 0. The molecule has 2 heterocycles. The molecule has 0 unspecified atom stereocenters. The highest BCUT2D eigenvalue weighted by Gasteiger charge is 2.46. The Hall–Kier alpha value is -0.820. The van der Waals surface area contributed by atoms with E-state index in [-0.39, 0.29) is 46.2 Å². The van der Waals surface area contributed by atoms with Crippen LogP contribution in [0, 0.1) is 5.92 Å². The Kier molecular flexibility index (Phi) is 10.2. The second kappa shape index (κ2) is 11.1. The van der Waals surface area contributed by atoms with E-state index in [2.05, 4.69) is 55.4 Å². The van der Waals surface area contributed by atoms with Gasteiger partial charge in [0.2, 0.25) is 0 Å². The van der Waals surface area contributed by atoms with E-state index in [9.17, 15) is 9.59 Å². The molecule has 0 amide bonds. The molecular weight excluding hydrogens is 428 g/mol. The van der Waals surface area contributed by atoms with Gasteiger partial charge in [-0.3, -0.25) is 19.3 Å². The fourth-order valence-electron chi connectivity index (χ4n) is 5.14. The van der Waals surface area contributed by atoms with Crippen LogP contribution in [0.5, 0.6) is 0 Å². The molecular formula is C28H54N2O4. The highest BCUT2D eigenvalue weighted by atomic mass is 16.7. The third-order valence-corrected chi connectivity index (χ3v) is 7.50. The molecule has 2 aliphatic heterocycles. The van der Waals surface area contributed by atoms with Gasteiger partial charge < -0.3 is 0 Å². The predicted molar refractivity (Wildman–Crippen MR) is 139 cm³/mol. The summed E-state index contributed by atoms with van der Waals surface area (Å²) in [4.78, 5) is 35.1. The molecule has 0 bridgehead atoms. The van der Waals surface area contributed by atoms with Gasteiger partial charge in [0.25, 0.3) is 0 Å². The standard InChI is InChI=1S/2C14H27NO2/c1-11(16)14(6,7)17-15-12(2,3)9-8-10-13(15,4)5;1-11(2)12(16)10-17-15-13(3,4)8-7-9-14(15,5)6/h8-10H2,1-7H3;11H,7-10H2,1-6H3. The van der Waals surface area contributed by atoms with E-state index in [1.807, 2.05) is 37.8 Å². The molecule has 0 aromatic carbocycles. The molecule has 34 heavy (non-hydrogen) atoms. The van der Waals surface area contributed by atoms with E-state index in [1.165, 1.54) is 12.8 Å². The highest BCUT2D eigenvalue weighted by molar-refractivity contribution is 5.83. The van der Waals surface area contributed by atoms with Gasteiger partial charge in [0, 0.05) is 28.1 Å². The molecule has 6 heteroatoms. The van der Waals surface area contributed by atoms with Crippen molar-refractivity contribution in [1.29, 1.82) is 0 Å². The van der Waals surface area contributed by atoms with Gasteiger partial charge in [-0.25, -0.2) is 0 Å². The number of ketones is 2. The third-order valence-electron chi connectivity index (χ3n) is 7.50. The van der Waals surface area contributed by atoms with E-state index in [0.717, 1.165) is 25.7 Å². The number of hydrogen-bond acceptors (Lipinski definition) is 6. The van der Waals surface area contributed by atoms with Crippen LogP contribution in [0.25, 0.3) is 0 Å². The lowest BCUT2D eigenvalue weighted by Crippen LogP contribution is -2.61. The molecule has 0 aromatic rings. The Bertz CT molecular complexity index is 673. The number of carbonyl (C=O) groups is 2. The fourth-order valence-corrected chi connectivity index (χ4v) is 5.14. The molecule has 0 radical (unpaired) electrons. The Morgan fingerprint density at radius 1 is 0.765 bits per heavy atom. The molecule has 0 aliphatic carbocycles. The lowest BCUT2D eigenvalue weighted by Gasteiger charge is -2.53. The van der Waals surface area contributed by atoms with Gasteiger partial charge in [0.1, 0.15) is 12.2 Å². The topological polar surface area (TPSA) is 59.1 Å². The van der Waals surface area contributed by atoms with E-state index in [1.54, 1.807) is 6.92 Å². The molecule has 2 aliphatic rings. The molecule has 6 nitrogen and oxygen atoms in total. The molecule has 0 N–H and O–H groups in total. The molecule has 0 saturated carbocycles. The van der Waals surface area contributed by atoms with E-state index in [0.29, 0.717) is 0 Å². The van der Waals surface area contributed by atoms with Crippen LogP contribution in [0.1, 0.15) is 129 Å². The molecule has 2 fully saturated rings. The number of rotatable bonds is 7. The van der Waals surface area contributed by atoms with Crippen LogP contribution in [0.15, 0.2) is 0 Å². The van der Waals surface area contributed by atoms with Gasteiger partial charge in [0.05, 0.1) is 0 Å². The van der Waals surface area contributed by atoms with Crippen LogP contribution in [-0.4, -0.2) is 56.1 Å². The average Bonchev–Trinajstić information content (AvgIpc) is 2.63. The minimum atomic E-state index is -0.744. The van der Waals surface area contributed by atoms with Crippen molar-refractivity contribution in [2.45, 2.75) is 156 Å². The van der Waals surface area contributed by atoms with Crippen molar-refractivity contribution in [3.05, 3.63) is 0 Å². The lowest BCUT2D eigenvalue weighted by molar-refractivity contribution is -0.319. The van der Waals surface area contributed by atoms with Gasteiger partial charge in [-0.15, -0.1) is 0 Å². The molecule has 2 saturated heterocycles. The Labute approximate surface area is 210 Å². The first-order valence-electron chi connectivity index (χ1n) is 13.1. The molecule has 0 atom stereocenters. The van der Waals surface area contributed by atoms with Crippen LogP contribution in [-0.2, 0) is 19.3 Å². The van der Waals surface area contributed by atoms with Crippen molar-refractivity contribution in [2.75, 3.05) is 6.61 Å². The van der Waals surface area contributed by atoms with Crippen molar-refractivity contribution in [3.63, 3.8) is 0 Å². The summed E-state index contributed by atoms with van der Waals surface area (Å²) in [5.74, 6) is 0.280. The zero-order chi connectivity index (χ0) is 26.8. The van der Waals surface area contributed by atoms with Gasteiger partial charge in [-0.2, -0.15) is 10.1 Å². The SMILES string of the molecule is CC(=O)C(C)(C)ON1C(C)(C)CCCC1(C)C.CC(C)C(=O)CON1C(C)(C)CCCC1(C)C. The Balaban J connectivity index is 0.000000340. The lowest BCUT2D eigenvalue weighted by atomic mass is 9.82. The largest absolute Gasteiger partial charge is 0.297 e. The zero-order valence-corrected chi connectivity index (χ0v) is 24.6. The maximum atomic E-state index is 11.7. The summed E-state index contributed by atoms with van der Waals surface area (Å²) in [5, 5.41) is 4.09. The average molecular weight is 483 g/mol. The summed E-state index contributed by atoms with van der Waals surface area (Å²) in [7, 11) is 0. The first-order chi connectivity index (χ1) is 15.2. The van der Waals surface area contributed by atoms with Crippen molar-refractivity contribution in [3.8, 4) is 0 Å². The zero-order valence-electron chi connectivity index (χ0n) is 24.6. The summed E-state index contributed by atoms with van der Waals surface area (Å²) in [6.07, 6.45) is 6.87. The van der Waals surface area contributed by atoms with Gasteiger partial charge in [0.15, 0.2) is 11.6 Å². The minimum absolute atomic E-state index is 0.0129. The summed E-state index contributed by atoms with van der Waals surface area (Å²) in [5.41, 5.74) is -0.757. The van der Waals surface area contributed by atoms with Crippen LogP contribution in [0.2, 0.25) is 0 Å². The van der Waals surface area contributed by atoms with Crippen LogP contribution < -0.4 is 0 Å². The smallest absolute Gasteiger partial charge is 0.163 e. The second-order valence-electron chi connectivity index (χ2n) is 13.6. The van der Waals surface area contributed by atoms with Crippen molar-refractivity contribution >= 4 is 11.6 Å². The summed E-state index contributed by atoms with van der Waals surface area (Å²) in [6, 6.07) is 0. The number of nitrogens with zero attached hydrogens (tertiary/aromatic N) is 2. The Morgan fingerprint density at radius 2 is 1.12 bits per heavy atom. The van der Waals surface area contributed by atoms with Crippen LogP contribution in [0.3, 0.4) is 0 Å². The van der Waals surface area contributed by atoms with Gasteiger partial charge in [-0.1, -0.05) is 13.8 Å². The number of piperidine rings is 2. The fraction of sp³-hybridized carbons (Fsp3) is 0.929. The maximum absolute atomic E-state index is 11.7. The summed E-state index contributed by atoms with van der Waals surface area (Å²) >= 11 is 0. The number of hydroxylamine groups is 4. The predicted octanol–water partition coefficient (Wildman–Crippen LogP) is 6.51. The normalized spacial score (nSPS) is 24.3. The first-order valence-corrected chi connectivity index (χ1v) is 13.1.